The molecular weight excluding hydrogens is 256 g/mol. The van der Waals surface area contributed by atoms with Crippen LogP contribution < -0.4 is 15.0 Å². The number of carbonyl (C=O) groups excluding carboxylic acids is 2. The Kier molecular flexibility index (Phi) is 3.46. The Balaban J connectivity index is 2.27. The molecular formula is C15H20N2O3. The number of nitrogens with zero attached hydrogens (tertiary/aromatic N) is 1. The minimum Gasteiger partial charge on any atom is -0.479 e. The van der Waals surface area contributed by atoms with Crippen molar-refractivity contribution in [1.29, 1.82) is 0 Å². The van der Waals surface area contributed by atoms with Gasteiger partial charge in [-0.3, -0.25) is 9.59 Å². The van der Waals surface area contributed by atoms with Crippen LogP contribution in [0.15, 0.2) is 18.2 Å². The Morgan fingerprint density at radius 1 is 1.35 bits per heavy atom. The summed E-state index contributed by atoms with van der Waals surface area (Å²) < 4.78 is 5.58. The van der Waals surface area contributed by atoms with Crippen LogP contribution in [0.2, 0.25) is 0 Å². The third kappa shape index (κ3) is 2.61. The molecule has 2 rings (SSSR count). The highest BCUT2D eigenvalue weighted by Gasteiger charge is 2.29. The van der Waals surface area contributed by atoms with Crippen LogP contribution in [0, 0.1) is 5.41 Å². The zero-order valence-corrected chi connectivity index (χ0v) is 12.5. The monoisotopic (exact) mass is 276 g/mol. The van der Waals surface area contributed by atoms with Gasteiger partial charge in [-0.05, 0) is 19.1 Å². The molecule has 1 aromatic rings. The largest absolute Gasteiger partial charge is 0.479 e. The number of hydrogen-bond acceptors (Lipinski definition) is 3. The van der Waals surface area contributed by atoms with E-state index in [4.69, 9.17) is 4.74 Å². The number of likely N-dealkylation sites (N-methyl/N-ethyl adjacent to an activating group) is 1. The number of nitrogens with one attached hydrogen (secondary N) is 1. The van der Waals surface area contributed by atoms with E-state index in [0.717, 1.165) is 0 Å². The number of ether oxygens (including phenoxy) is 1. The molecule has 20 heavy (non-hydrogen) atoms. The second-order valence-corrected chi connectivity index (χ2v) is 6.04. The number of benzene rings is 1. The molecule has 0 aliphatic carbocycles. The number of rotatable bonds is 1. The van der Waals surface area contributed by atoms with Crippen molar-refractivity contribution in [2.75, 3.05) is 17.3 Å². The van der Waals surface area contributed by atoms with Crippen LogP contribution >= 0.6 is 0 Å². The van der Waals surface area contributed by atoms with Crippen molar-refractivity contribution in [3.63, 3.8) is 0 Å². The predicted molar refractivity (Wildman–Crippen MR) is 78.0 cm³/mol. The summed E-state index contributed by atoms with van der Waals surface area (Å²) in [6.45, 7) is 7.27. The van der Waals surface area contributed by atoms with Crippen molar-refractivity contribution in [3.05, 3.63) is 18.2 Å². The van der Waals surface area contributed by atoms with Gasteiger partial charge in [0.15, 0.2) is 6.10 Å². The number of hydrogen-bond donors (Lipinski definition) is 1. The zero-order chi connectivity index (χ0) is 15.1. The zero-order valence-electron chi connectivity index (χ0n) is 12.5. The molecule has 0 saturated heterocycles. The molecule has 0 saturated carbocycles. The molecule has 0 spiro atoms. The van der Waals surface area contributed by atoms with E-state index in [1.165, 1.54) is 0 Å². The van der Waals surface area contributed by atoms with E-state index < -0.39 is 11.5 Å². The van der Waals surface area contributed by atoms with Crippen LogP contribution in [0.1, 0.15) is 27.7 Å². The van der Waals surface area contributed by atoms with Crippen molar-refractivity contribution in [1.82, 2.24) is 0 Å². The number of carbonyl (C=O) groups is 2. The van der Waals surface area contributed by atoms with E-state index in [0.29, 0.717) is 17.1 Å². The molecule has 1 aliphatic rings. The summed E-state index contributed by atoms with van der Waals surface area (Å²) in [6.07, 6.45) is -0.513. The van der Waals surface area contributed by atoms with Crippen LogP contribution in [0.3, 0.4) is 0 Å². The van der Waals surface area contributed by atoms with Gasteiger partial charge in [-0.15, -0.1) is 0 Å². The summed E-state index contributed by atoms with van der Waals surface area (Å²) in [5.74, 6) is 0.459. The Morgan fingerprint density at radius 3 is 2.60 bits per heavy atom. The molecule has 1 heterocycles. The lowest BCUT2D eigenvalue weighted by atomic mass is 9.95. The summed E-state index contributed by atoms with van der Waals surface area (Å²) in [7, 11) is 1.72. The highest BCUT2D eigenvalue weighted by atomic mass is 16.5. The topological polar surface area (TPSA) is 58.6 Å². The van der Waals surface area contributed by atoms with Gasteiger partial charge in [0.2, 0.25) is 5.91 Å². The fourth-order valence-electron chi connectivity index (χ4n) is 1.91. The molecule has 1 unspecified atom stereocenters. The third-order valence-electron chi connectivity index (χ3n) is 3.24. The lowest BCUT2D eigenvalue weighted by Gasteiger charge is -2.30. The highest BCUT2D eigenvalue weighted by molar-refractivity contribution is 6.00. The quantitative estimate of drug-likeness (QED) is 0.857. The van der Waals surface area contributed by atoms with Gasteiger partial charge >= 0.3 is 0 Å². The first-order chi connectivity index (χ1) is 9.20. The van der Waals surface area contributed by atoms with Crippen molar-refractivity contribution in [2.24, 2.45) is 5.41 Å². The Hall–Kier alpha value is -2.04. The summed E-state index contributed by atoms with van der Waals surface area (Å²) >= 11 is 0. The van der Waals surface area contributed by atoms with E-state index in [9.17, 15) is 9.59 Å². The predicted octanol–water partition coefficient (Wildman–Crippen LogP) is 2.41. The molecule has 1 aliphatic heterocycles. The van der Waals surface area contributed by atoms with Gasteiger partial charge in [-0.25, -0.2) is 0 Å². The van der Waals surface area contributed by atoms with E-state index in [-0.39, 0.29) is 11.8 Å². The molecule has 0 fully saturated rings. The molecule has 0 radical (unpaired) electrons. The van der Waals surface area contributed by atoms with Gasteiger partial charge in [0, 0.05) is 24.2 Å². The first kappa shape index (κ1) is 14.4. The fourth-order valence-corrected chi connectivity index (χ4v) is 1.91. The molecule has 1 N–H and O–H groups in total. The summed E-state index contributed by atoms with van der Waals surface area (Å²) in [6, 6.07) is 5.29. The summed E-state index contributed by atoms with van der Waals surface area (Å²) in [5.41, 5.74) is 0.914. The van der Waals surface area contributed by atoms with Crippen LogP contribution in [-0.2, 0) is 9.59 Å². The molecule has 0 bridgehead atoms. The van der Waals surface area contributed by atoms with Crippen molar-refractivity contribution in [3.8, 4) is 5.75 Å². The molecule has 5 heteroatoms. The third-order valence-corrected chi connectivity index (χ3v) is 3.24. The van der Waals surface area contributed by atoms with E-state index in [1.807, 2.05) is 20.8 Å². The number of fused-ring (bicyclic) bond motifs is 1. The average Bonchev–Trinajstić information content (AvgIpc) is 2.35. The van der Waals surface area contributed by atoms with Crippen molar-refractivity contribution in [2.45, 2.75) is 33.8 Å². The van der Waals surface area contributed by atoms with Crippen LogP contribution in [0.4, 0.5) is 11.4 Å². The van der Waals surface area contributed by atoms with E-state index in [2.05, 4.69) is 5.32 Å². The van der Waals surface area contributed by atoms with Gasteiger partial charge in [0.25, 0.3) is 5.91 Å². The smallest absolute Gasteiger partial charge is 0.267 e. The second-order valence-electron chi connectivity index (χ2n) is 6.04. The van der Waals surface area contributed by atoms with Crippen molar-refractivity contribution >= 4 is 23.2 Å². The minimum absolute atomic E-state index is 0.0641. The SMILES string of the molecule is CC1Oc2cc(NC(=O)C(C)(C)C)ccc2N(C)C1=O. The molecule has 2 amide bonds. The first-order valence-corrected chi connectivity index (χ1v) is 6.60. The molecule has 1 aromatic carbocycles. The Morgan fingerprint density at radius 2 is 2.00 bits per heavy atom. The molecule has 0 aromatic heterocycles. The normalized spacial score (nSPS) is 18.4. The van der Waals surface area contributed by atoms with Gasteiger partial charge in [0.1, 0.15) is 5.75 Å². The van der Waals surface area contributed by atoms with E-state index >= 15 is 0 Å². The fraction of sp³-hybridized carbons (Fsp3) is 0.467. The molecule has 5 nitrogen and oxygen atoms in total. The molecule has 1 atom stereocenters. The summed E-state index contributed by atoms with van der Waals surface area (Å²) in [4.78, 5) is 25.3. The second kappa shape index (κ2) is 4.81. The lowest BCUT2D eigenvalue weighted by molar-refractivity contribution is -0.125. The van der Waals surface area contributed by atoms with Crippen LogP contribution in [0.25, 0.3) is 0 Å². The van der Waals surface area contributed by atoms with Crippen LogP contribution in [-0.4, -0.2) is 25.0 Å². The maximum atomic E-state index is 12.0. The Bertz CT molecular complexity index is 561. The van der Waals surface area contributed by atoms with Gasteiger partial charge in [-0.1, -0.05) is 20.8 Å². The average molecular weight is 276 g/mol. The number of anilines is 2. The summed E-state index contributed by atoms with van der Waals surface area (Å²) in [5, 5.41) is 2.85. The standard InChI is InChI=1S/C15H20N2O3/c1-9-13(18)17(5)11-7-6-10(8-12(11)20-9)16-14(19)15(2,3)4/h6-9H,1-5H3,(H,16,19). The van der Waals surface area contributed by atoms with Crippen LogP contribution in [0.5, 0.6) is 5.75 Å². The lowest BCUT2D eigenvalue weighted by Crippen LogP contribution is -2.42. The Labute approximate surface area is 118 Å². The minimum atomic E-state index is -0.513. The molecule has 108 valence electrons. The highest BCUT2D eigenvalue weighted by Crippen LogP contribution is 2.35. The first-order valence-electron chi connectivity index (χ1n) is 6.60. The van der Waals surface area contributed by atoms with Gasteiger partial charge in [-0.2, -0.15) is 0 Å². The maximum absolute atomic E-state index is 12.0. The van der Waals surface area contributed by atoms with Gasteiger partial charge in [0.05, 0.1) is 5.69 Å². The number of amides is 2. The van der Waals surface area contributed by atoms with E-state index in [1.54, 1.807) is 37.1 Å². The van der Waals surface area contributed by atoms with Gasteiger partial charge < -0.3 is 15.0 Å². The van der Waals surface area contributed by atoms with Crippen molar-refractivity contribution < 1.29 is 14.3 Å². The maximum Gasteiger partial charge on any atom is 0.267 e.